The van der Waals surface area contributed by atoms with Crippen LogP contribution in [-0.4, -0.2) is 10.5 Å². The van der Waals surface area contributed by atoms with Gasteiger partial charge in [0.2, 0.25) is 0 Å². The number of rotatable bonds is 2. The molecule has 0 radical (unpaired) electrons. The molecule has 0 aromatic carbocycles. The fraction of sp³-hybridized carbons (Fsp3) is 0.0909. The van der Waals surface area contributed by atoms with Crippen LogP contribution in [-0.2, 0) is 7.05 Å². The van der Waals surface area contributed by atoms with Crippen LogP contribution in [0.5, 0.6) is 0 Å². The van der Waals surface area contributed by atoms with E-state index in [1.807, 2.05) is 0 Å². The van der Waals surface area contributed by atoms with Crippen LogP contribution in [0.3, 0.4) is 0 Å². The highest BCUT2D eigenvalue weighted by Gasteiger charge is 2.09. The summed E-state index contributed by atoms with van der Waals surface area (Å²) >= 11 is 3.13. The van der Waals surface area contributed by atoms with Crippen molar-refractivity contribution in [2.75, 3.05) is 5.32 Å². The molecule has 0 saturated carbocycles. The summed E-state index contributed by atoms with van der Waals surface area (Å²) in [6.07, 6.45) is 4.32. The Morgan fingerprint density at radius 3 is 2.88 bits per heavy atom. The number of pyridine rings is 1. The van der Waals surface area contributed by atoms with Gasteiger partial charge in [-0.2, -0.15) is 0 Å². The number of nitrogens with one attached hydrogen (secondary N) is 1. The Balaban J connectivity index is 2.25. The average molecular weight is 297 g/mol. The maximum Gasteiger partial charge on any atom is 0.264 e. The molecular formula is C11H9BrN2O3. The molecule has 2 aromatic heterocycles. The number of hydrogen-bond donors (Lipinski definition) is 1. The van der Waals surface area contributed by atoms with Gasteiger partial charge in [0.25, 0.3) is 11.5 Å². The molecule has 0 spiro atoms. The molecule has 1 N–H and O–H groups in total. The van der Waals surface area contributed by atoms with Crippen LogP contribution in [0.1, 0.15) is 10.4 Å². The Kier molecular flexibility index (Phi) is 3.14. The number of nitrogens with zero attached hydrogens (tertiary/aromatic N) is 1. The van der Waals surface area contributed by atoms with Gasteiger partial charge >= 0.3 is 0 Å². The van der Waals surface area contributed by atoms with Gasteiger partial charge in [0.1, 0.15) is 6.26 Å². The Hall–Kier alpha value is -1.82. The Morgan fingerprint density at radius 2 is 2.29 bits per heavy atom. The molecule has 0 saturated heterocycles. The Labute approximate surface area is 105 Å². The fourth-order valence-corrected chi connectivity index (χ4v) is 1.86. The van der Waals surface area contributed by atoms with E-state index in [0.717, 1.165) is 0 Å². The van der Waals surface area contributed by atoms with E-state index in [1.54, 1.807) is 25.4 Å². The van der Waals surface area contributed by atoms with Gasteiger partial charge in [-0.3, -0.25) is 9.59 Å². The molecule has 5 nitrogen and oxygen atoms in total. The maximum atomic E-state index is 11.7. The highest BCUT2D eigenvalue weighted by molar-refractivity contribution is 9.10. The maximum absolute atomic E-state index is 11.7. The summed E-state index contributed by atoms with van der Waals surface area (Å²) in [4.78, 5) is 23.1. The first-order valence-electron chi connectivity index (χ1n) is 4.77. The first-order chi connectivity index (χ1) is 8.08. The lowest BCUT2D eigenvalue weighted by Gasteiger charge is -2.06. The molecule has 2 aromatic rings. The lowest BCUT2D eigenvalue weighted by molar-refractivity contribution is 0.102. The number of halogens is 1. The van der Waals surface area contributed by atoms with Gasteiger partial charge in [-0.1, -0.05) is 0 Å². The van der Waals surface area contributed by atoms with E-state index in [4.69, 9.17) is 4.42 Å². The minimum absolute atomic E-state index is 0.161. The molecule has 1 amide bonds. The first-order valence-corrected chi connectivity index (χ1v) is 5.57. The molecule has 0 fully saturated rings. The molecule has 0 bridgehead atoms. The highest BCUT2D eigenvalue weighted by Crippen LogP contribution is 2.13. The van der Waals surface area contributed by atoms with Crippen LogP contribution in [0.25, 0.3) is 0 Å². The fourth-order valence-electron chi connectivity index (χ4n) is 1.34. The molecule has 17 heavy (non-hydrogen) atoms. The zero-order valence-corrected chi connectivity index (χ0v) is 10.5. The zero-order chi connectivity index (χ0) is 12.4. The SMILES string of the molecule is Cn1cc(NC(=O)c2ccoc2)cc(Br)c1=O. The third-order valence-corrected chi connectivity index (χ3v) is 2.75. The summed E-state index contributed by atoms with van der Waals surface area (Å²) in [5.41, 5.74) is 0.798. The topological polar surface area (TPSA) is 64.2 Å². The molecule has 6 heteroatoms. The average Bonchev–Trinajstić information content (AvgIpc) is 2.79. The molecular weight excluding hydrogens is 288 g/mol. The molecule has 0 atom stereocenters. The highest BCUT2D eigenvalue weighted by atomic mass is 79.9. The number of aromatic nitrogens is 1. The number of carbonyl (C=O) groups excluding carboxylic acids is 1. The van der Waals surface area contributed by atoms with E-state index in [2.05, 4.69) is 21.2 Å². The Bertz CT molecular complexity index is 575. The molecule has 88 valence electrons. The predicted octanol–water partition coefficient (Wildman–Crippen LogP) is 1.99. The number of amides is 1. The largest absolute Gasteiger partial charge is 0.472 e. The van der Waals surface area contributed by atoms with Crippen LogP contribution < -0.4 is 10.9 Å². The second kappa shape index (κ2) is 4.58. The zero-order valence-electron chi connectivity index (χ0n) is 8.94. The predicted molar refractivity (Wildman–Crippen MR) is 66.0 cm³/mol. The molecule has 0 aliphatic heterocycles. The normalized spacial score (nSPS) is 10.2. The van der Waals surface area contributed by atoms with Crippen molar-refractivity contribution in [3.8, 4) is 0 Å². The van der Waals surface area contributed by atoms with Crippen molar-refractivity contribution in [3.05, 3.63) is 51.2 Å². The van der Waals surface area contributed by atoms with Crippen LogP contribution >= 0.6 is 15.9 Å². The van der Waals surface area contributed by atoms with Crippen LogP contribution in [0.2, 0.25) is 0 Å². The quantitative estimate of drug-likeness (QED) is 0.922. The van der Waals surface area contributed by atoms with Crippen molar-refractivity contribution in [2.24, 2.45) is 7.05 Å². The number of hydrogen-bond acceptors (Lipinski definition) is 3. The number of anilines is 1. The van der Waals surface area contributed by atoms with Gasteiger partial charge in [0, 0.05) is 13.2 Å². The van der Waals surface area contributed by atoms with E-state index >= 15 is 0 Å². The van der Waals surface area contributed by atoms with E-state index in [0.29, 0.717) is 15.7 Å². The summed E-state index contributed by atoms with van der Waals surface area (Å²) in [7, 11) is 1.61. The smallest absolute Gasteiger partial charge is 0.264 e. The lowest BCUT2D eigenvalue weighted by atomic mass is 10.3. The molecule has 0 unspecified atom stereocenters. The number of aryl methyl sites for hydroxylation is 1. The summed E-state index contributed by atoms with van der Waals surface area (Å²) in [5, 5.41) is 2.66. The van der Waals surface area contributed by atoms with Crippen LogP contribution in [0.15, 0.2) is 44.5 Å². The summed E-state index contributed by atoms with van der Waals surface area (Å²) in [6.45, 7) is 0. The van der Waals surface area contributed by atoms with Crippen LogP contribution in [0.4, 0.5) is 5.69 Å². The third-order valence-electron chi connectivity index (χ3n) is 2.18. The second-order valence-electron chi connectivity index (χ2n) is 3.46. The summed E-state index contributed by atoms with van der Waals surface area (Å²) in [6, 6.07) is 3.12. The van der Waals surface area contributed by atoms with Gasteiger partial charge in [0.15, 0.2) is 0 Å². The standard InChI is InChI=1S/C11H9BrN2O3/c1-14-5-8(4-9(12)11(14)16)13-10(15)7-2-3-17-6-7/h2-6H,1H3,(H,13,15). The van der Waals surface area contributed by atoms with Gasteiger partial charge < -0.3 is 14.3 Å². The van der Waals surface area contributed by atoms with Gasteiger partial charge in [0.05, 0.1) is 22.0 Å². The van der Waals surface area contributed by atoms with Gasteiger partial charge in [-0.05, 0) is 28.1 Å². The van der Waals surface area contributed by atoms with Crippen molar-refractivity contribution >= 4 is 27.5 Å². The van der Waals surface area contributed by atoms with Crippen molar-refractivity contribution in [1.82, 2.24) is 4.57 Å². The minimum Gasteiger partial charge on any atom is -0.472 e. The Morgan fingerprint density at radius 1 is 1.53 bits per heavy atom. The number of carbonyl (C=O) groups is 1. The third kappa shape index (κ3) is 2.47. The van der Waals surface area contributed by atoms with E-state index in [1.165, 1.54) is 17.1 Å². The first kappa shape index (κ1) is 11.7. The monoisotopic (exact) mass is 296 g/mol. The van der Waals surface area contributed by atoms with Gasteiger partial charge in [-0.15, -0.1) is 0 Å². The molecule has 2 heterocycles. The van der Waals surface area contributed by atoms with E-state index in [-0.39, 0.29) is 11.5 Å². The van der Waals surface area contributed by atoms with Crippen molar-refractivity contribution in [2.45, 2.75) is 0 Å². The number of furan rings is 1. The second-order valence-corrected chi connectivity index (χ2v) is 4.31. The molecule has 2 rings (SSSR count). The lowest BCUT2D eigenvalue weighted by Crippen LogP contribution is -2.19. The van der Waals surface area contributed by atoms with Crippen molar-refractivity contribution < 1.29 is 9.21 Å². The van der Waals surface area contributed by atoms with Crippen molar-refractivity contribution in [3.63, 3.8) is 0 Å². The van der Waals surface area contributed by atoms with E-state index < -0.39 is 0 Å². The molecule has 0 aliphatic carbocycles. The molecule has 0 aliphatic rings. The minimum atomic E-state index is -0.288. The van der Waals surface area contributed by atoms with E-state index in [9.17, 15) is 9.59 Å². The summed E-state index contributed by atoms with van der Waals surface area (Å²) in [5.74, 6) is -0.288. The van der Waals surface area contributed by atoms with Gasteiger partial charge in [-0.25, -0.2) is 0 Å². The van der Waals surface area contributed by atoms with Crippen molar-refractivity contribution in [1.29, 1.82) is 0 Å². The van der Waals surface area contributed by atoms with Crippen LogP contribution in [0, 0.1) is 0 Å². The summed E-state index contributed by atoms with van der Waals surface area (Å²) < 4.78 is 6.59.